The third-order valence-electron chi connectivity index (χ3n) is 3.77. The van der Waals surface area contributed by atoms with Crippen LogP contribution in [0.5, 0.6) is 0 Å². The summed E-state index contributed by atoms with van der Waals surface area (Å²) < 4.78 is 0. The minimum absolute atomic E-state index is 0.117. The first-order valence-corrected chi connectivity index (χ1v) is 8.08. The molecule has 9 heteroatoms. The number of hydrogen-bond donors (Lipinski definition) is 2. The topological polar surface area (TPSA) is 90.0 Å². The molecule has 2 N–H and O–H groups in total. The van der Waals surface area contributed by atoms with Gasteiger partial charge in [-0.25, -0.2) is 4.79 Å². The van der Waals surface area contributed by atoms with Crippen LogP contribution in [0.15, 0.2) is 18.2 Å². The highest BCUT2D eigenvalue weighted by molar-refractivity contribution is 6.42. The number of urea groups is 1. The summed E-state index contributed by atoms with van der Waals surface area (Å²) in [5, 5.41) is 12.1. The summed E-state index contributed by atoms with van der Waals surface area (Å²) in [6.07, 6.45) is -0.117. The quantitative estimate of drug-likeness (QED) is 0.848. The van der Waals surface area contributed by atoms with E-state index in [0.29, 0.717) is 28.8 Å². The fourth-order valence-electron chi connectivity index (χ4n) is 2.43. The Morgan fingerprint density at radius 3 is 2.62 bits per heavy atom. The third kappa shape index (κ3) is 4.30. The highest BCUT2D eigenvalue weighted by atomic mass is 35.5. The van der Waals surface area contributed by atoms with Crippen LogP contribution < -0.4 is 5.32 Å². The Morgan fingerprint density at radius 1 is 1.29 bits per heavy atom. The fraction of sp³-hybridized carbons (Fsp3) is 0.400. The maximum absolute atomic E-state index is 12.4. The van der Waals surface area contributed by atoms with E-state index in [1.54, 1.807) is 19.1 Å². The van der Waals surface area contributed by atoms with Gasteiger partial charge in [0.1, 0.15) is 6.04 Å². The number of hydrogen-bond acceptors (Lipinski definition) is 3. The number of nitrogens with one attached hydrogen (secondary N) is 1. The van der Waals surface area contributed by atoms with Gasteiger partial charge in [-0.3, -0.25) is 9.59 Å². The lowest BCUT2D eigenvalue weighted by Crippen LogP contribution is -2.58. The number of amides is 3. The Bertz CT molecular complexity index is 668. The van der Waals surface area contributed by atoms with Gasteiger partial charge in [0.05, 0.1) is 16.5 Å². The van der Waals surface area contributed by atoms with Gasteiger partial charge in [-0.15, -0.1) is 0 Å². The van der Waals surface area contributed by atoms with Gasteiger partial charge < -0.3 is 20.2 Å². The van der Waals surface area contributed by atoms with E-state index >= 15 is 0 Å². The number of benzene rings is 1. The third-order valence-corrected chi connectivity index (χ3v) is 4.51. The Balaban J connectivity index is 1.99. The smallest absolute Gasteiger partial charge is 0.322 e. The lowest BCUT2D eigenvalue weighted by Gasteiger charge is -2.38. The molecule has 0 aromatic heterocycles. The van der Waals surface area contributed by atoms with Crippen LogP contribution in [0.25, 0.3) is 0 Å². The number of anilines is 1. The van der Waals surface area contributed by atoms with Crippen molar-refractivity contribution in [3.63, 3.8) is 0 Å². The molecule has 1 fully saturated rings. The molecule has 2 rings (SSSR count). The van der Waals surface area contributed by atoms with Gasteiger partial charge in [0.25, 0.3) is 0 Å². The van der Waals surface area contributed by atoms with E-state index in [9.17, 15) is 14.4 Å². The fourth-order valence-corrected chi connectivity index (χ4v) is 2.73. The van der Waals surface area contributed by atoms with Crippen LogP contribution in [-0.4, -0.2) is 58.5 Å². The number of carboxylic acids is 1. The second-order valence-corrected chi connectivity index (χ2v) is 6.21. The van der Waals surface area contributed by atoms with E-state index < -0.39 is 18.0 Å². The van der Waals surface area contributed by atoms with E-state index in [0.717, 1.165) is 0 Å². The second-order valence-electron chi connectivity index (χ2n) is 5.40. The first-order chi connectivity index (χ1) is 11.3. The maximum Gasteiger partial charge on any atom is 0.322 e. The molecule has 1 atom stereocenters. The average Bonchev–Trinajstić information content (AvgIpc) is 2.52. The van der Waals surface area contributed by atoms with Crippen molar-refractivity contribution in [3.8, 4) is 0 Å². The van der Waals surface area contributed by atoms with Gasteiger partial charge in [0, 0.05) is 25.3 Å². The lowest BCUT2D eigenvalue weighted by molar-refractivity contribution is -0.141. The van der Waals surface area contributed by atoms with E-state index in [4.69, 9.17) is 28.3 Å². The summed E-state index contributed by atoms with van der Waals surface area (Å²) in [6, 6.07) is 3.61. The van der Waals surface area contributed by atoms with E-state index in [1.165, 1.54) is 15.9 Å². The van der Waals surface area contributed by atoms with Gasteiger partial charge >= 0.3 is 12.0 Å². The van der Waals surface area contributed by atoms with E-state index in [1.807, 2.05) is 0 Å². The Labute approximate surface area is 149 Å². The number of nitrogens with zero attached hydrogens (tertiary/aromatic N) is 2. The molecule has 0 spiro atoms. The standard InChI is InChI=1S/C15H17Cl2N3O4/c1-9-14(23)19(5-4-13(21)22)6-7-20(9)15(24)18-10-2-3-11(16)12(17)8-10/h2-3,8-9H,4-7H2,1H3,(H,18,24)(H,21,22). The van der Waals surface area contributed by atoms with Crippen molar-refractivity contribution in [2.75, 3.05) is 25.0 Å². The van der Waals surface area contributed by atoms with Gasteiger partial charge in [-0.2, -0.15) is 0 Å². The van der Waals surface area contributed by atoms with Crippen molar-refractivity contribution in [1.29, 1.82) is 0 Å². The summed E-state index contributed by atoms with van der Waals surface area (Å²) >= 11 is 11.7. The van der Waals surface area contributed by atoms with Crippen molar-refractivity contribution in [3.05, 3.63) is 28.2 Å². The molecule has 0 aliphatic carbocycles. The van der Waals surface area contributed by atoms with E-state index in [-0.39, 0.29) is 18.9 Å². The average molecular weight is 374 g/mol. The summed E-state index contributed by atoms with van der Waals surface area (Å²) in [5.41, 5.74) is 0.474. The van der Waals surface area contributed by atoms with Crippen LogP contribution in [0, 0.1) is 0 Å². The lowest BCUT2D eigenvalue weighted by atomic mass is 10.1. The Morgan fingerprint density at radius 2 is 2.00 bits per heavy atom. The van der Waals surface area contributed by atoms with E-state index in [2.05, 4.69) is 5.32 Å². The zero-order chi connectivity index (χ0) is 17.9. The molecule has 0 bridgehead atoms. The summed E-state index contributed by atoms with van der Waals surface area (Å²) in [6.45, 7) is 2.37. The van der Waals surface area contributed by atoms with Crippen LogP contribution >= 0.6 is 23.2 Å². The molecule has 1 saturated heterocycles. The number of piperazine rings is 1. The second kappa shape index (κ2) is 7.72. The molecule has 24 heavy (non-hydrogen) atoms. The van der Waals surface area contributed by atoms with Crippen molar-refractivity contribution in [2.24, 2.45) is 0 Å². The largest absolute Gasteiger partial charge is 0.481 e. The molecule has 1 aromatic rings. The Hall–Kier alpha value is -1.99. The Kier molecular flexibility index (Phi) is 5.90. The number of aliphatic carboxylic acids is 1. The predicted molar refractivity (Wildman–Crippen MR) is 90.5 cm³/mol. The van der Waals surface area contributed by atoms with Crippen LogP contribution in [0.2, 0.25) is 10.0 Å². The molecular weight excluding hydrogens is 357 g/mol. The summed E-state index contributed by atoms with van der Waals surface area (Å²) in [7, 11) is 0. The molecular formula is C15H17Cl2N3O4. The predicted octanol–water partition coefficient (Wildman–Crippen LogP) is 2.53. The number of halogens is 2. The first-order valence-electron chi connectivity index (χ1n) is 7.33. The SMILES string of the molecule is CC1C(=O)N(CCC(=O)O)CCN1C(=O)Nc1ccc(Cl)c(Cl)c1. The minimum atomic E-state index is -0.963. The monoisotopic (exact) mass is 373 g/mol. The summed E-state index contributed by atoms with van der Waals surface area (Å²) in [5.74, 6) is -1.23. The van der Waals surface area contributed by atoms with Gasteiger partial charge in [0.2, 0.25) is 5.91 Å². The summed E-state index contributed by atoms with van der Waals surface area (Å²) in [4.78, 5) is 38.1. The first kappa shape index (κ1) is 18.4. The molecule has 7 nitrogen and oxygen atoms in total. The highest BCUT2D eigenvalue weighted by Gasteiger charge is 2.34. The molecule has 1 aromatic carbocycles. The number of carboxylic acid groups (broad SMARTS) is 1. The van der Waals surface area contributed by atoms with Crippen LogP contribution in [0.1, 0.15) is 13.3 Å². The minimum Gasteiger partial charge on any atom is -0.481 e. The van der Waals surface area contributed by atoms with Gasteiger partial charge in [0.15, 0.2) is 0 Å². The van der Waals surface area contributed by atoms with Crippen molar-refractivity contribution < 1.29 is 19.5 Å². The molecule has 1 aliphatic heterocycles. The molecule has 0 radical (unpaired) electrons. The number of carbonyl (C=O) groups excluding carboxylic acids is 2. The number of carbonyl (C=O) groups is 3. The zero-order valence-electron chi connectivity index (χ0n) is 13.0. The van der Waals surface area contributed by atoms with Crippen LogP contribution in [0.3, 0.4) is 0 Å². The molecule has 3 amide bonds. The van der Waals surface area contributed by atoms with Crippen molar-refractivity contribution in [1.82, 2.24) is 9.80 Å². The molecule has 1 heterocycles. The number of rotatable bonds is 4. The zero-order valence-corrected chi connectivity index (χ0v) is 14.5. The molecule has 1 unspecified atom stereocenters. The highest BCUT2D eigenvalue weighted by Crippen LogP contribution is 2.25. The maximum atomic E-state index is 12.4. The molecule has 0 saturated carbocycles. The van der Waals surface area contributed by atoms with Crippen molar-refractivity contribution >= 4 is 46.8 Å². The molecule has 130 valence electrons. The normalized spacial score (nSPS) is 17.8. The van der Waals surface area contributed by atoms with Gasteiger partial charge in [-0.1, -0.05) is 23.2 Å². The van der Waals surface area contributed by atoms with Crippen molar-refractivity contribution in [2.45, 2.75) is 19.4 Å². The van der Waals surface area contributed by atoms with Crippen LogP contribution in [0.4, 0.5) is 10.5 Å². The molecule has 1 aliphatic rings. The van der Waals surface area contributed by atoms with Crippen LogP contribution in [-0.2, 0) is 9.59 Å². The van der Waals surface area contributed by atoms with Gasteiger partial charge in [-0.05, 0) is 25.1 Å².